The number of ether oxygens (including phenoxy) is 1. The molecule has 0 radical (unpaired) electrons. The number of amides is 3. The molecule has 3 saturated heterocycles. The number of hydrogen-bond donors (Lipinski definition) is 2. The third kappa shape index (κ3) is 6.07. The Labute approximate surface area is 240 Å². The van der Waals surface area contributed by atoms with Crippen molar-refractivity contribution in [2.75, 3.05) is 56.2 Å². The zero-order valence-electron chi connectivity index (χ0n) is 23.4. The molecule has 3 fully saturated rings. The molecule has 0 bridgehead atoms. The fraction of sp³-hybridized carbons (Fsp3) is 0.484. The van der Waals surface area contributed by atoms with Crippen LogP contribution in [0.4, 0.5) is 16.2 Å². The fourth-order valence-corrected chi connectivity index (χ4v) is 6.35. The summed E-state index contributed by atoms with van der Waals surface area (Å²) in [5.74, 6) is 1.19. The molecule has 2 aromatic carbocycles. The quantitative estimate of drug-likeness (QED) is 0.430. The predicted molar refractivity (Wildman–Crippen MR) is 157 cm³/mol. The molecule has 3 aromatic rings. The van der Waals surface area contributed by atoms with Gasteiger partial charge in [0.15, 0.2) is 0 Å². The highest BCUT2D eigenvalue weighted by molar-refractivity contribution is 5.89. The van der Waals surface area contributed by atoms with E-state index in [1.165, 1.54) is 0 Å². The summed E-state index contributed by atoms with van der Waals surface area (Å²) in [5, 5.41) is 13.7. The molecule has 41 heavy (non-hydrogen) atoms. The molecule has 6 rings (SSSR count). The Balaban J connectivity index is 1.02. The summed E-state index contributed by atoms with van der Waals surface area (Å²) in [7, 11) is 0. The van der Waals surface area contributed by atoms with Crippen molar-refractivity contribution in [3.63, 3.8) is 0 Å². The molecule has 3 aliphatic rings. The van der Waals surface area contributed by atoms with E-state index in [4.69, 9.17) is 4.74 Å². The number of piperidine rings is 1. The predicted octanol–water partition coefficient (Wildman–Crippen LogP) is 4.00. The molecule has 10 heteroatoms. The maximum atomic E-state index is 13.0. The van der Waals surface area contributed by atoms with Gasteiger partial charge < -0.3 is 29.9 Å². The molecule has 1 aromatic heterocycles. The van der Waals surface area contributed by atoms with Crippen molar-refractivity contribution in [2.24, 2.45) is 0 Å². The van der Waals surface area contributed by atoms with Crippen LogP contribution in [0.25, 0.3) is 10.9 Å². The van der Waals surface area contributed by atoms with Crippen LogP contribution >= 0.6 is 0 Å². The Bertz CT molecular complexity index is 1370. The molecule has 0 saturated carbocycles. The van der Waals surface area contributed by atoms with Crippen molar-refractivity contribution >= 4 is 34.2 Å². The number of nitrogens with one attached hydrogen (secondary N) is 1. The Morgan fingerprint density at radius 1 is 1.00 bits per heavy atom. The molecule has 216 valence electrons. The normalized spacial score (nSPS) is 19.8. The van der Waals surface area contributed by atoms with Crippen LogP contribution in [0.1, 0.15) is 50.1 Å². The third-order valence-electron chi connectivity index (χ3n) is 8.65. The lowest BCUT2D eigenvalue weighted by Crippen LogP contribution is -2.40. The minimum Gasteiger partial charge on any atom is -0.492 e. The van der Waals surface area contributed by atoms with Gasteiger partial charge in [-0.1, -0.05) is 0 Å². The van der Waals surface area contributed by atoms with E-state index in [-0.39, 0.29) is 30.5 Å². The van der Waals surface area contributed by atoms with Crippen molar-refractivity contribution in [1.29, 1.82) is 0 Å². The van der Waals surface area contributed by atoms with Gasteiger partial charge in [0.2, 0.25) is 5.91 Å². The van der Waals surface area contributed by atoms with Gasteiger partial charge >= 0.3 is 6.03 Å². The SMILES string of the molecule is O=C1CCCN1CCOc1ccc2c(C3CCN(C(=O)Nc4ccc(N5CCC[C@@H]5CO)cc4)CC3)ncnc2c1. The Hall–Kier alpha value is -3.92. The number of aliphatic hydroxyl groups excluding tert-OH is 1. The number of carbonyl (C=O) groups excluding carboxylic acids is 2. The summed E-state index contributed by atoms with van der Waals surface area (Å²) in [5.41, 5.74) is 3.71. The second-order valence-electron chi connectivity index (χ2n) is 11.2. The van der Waals surface area contributed by atoms with E-state index in [1.807, 2.05) is 52.3 Å². The highest BCUT2D eigenvalue weighted by Gasteiger charge is 2.27. The number of rotatable bonds is 8. The molecular formula is C31H38N6O4. The van der Waals surface area contributed by atoms with E-state index < -0.39 is 0 Å². The second-order valence-corrected chi connectivity index (χ2v) is 11.2. The zero-order valence-corrected chi connectivity index (χ0v) is 23.4. The lowest BCUT2D eigenvalue weighted by molar-refractivity contribution is -0.128. The summed E-state index contributed by atoms with van der Waals surface area (Å²) in [6.07, 6.45) is 6.93. The number of nitrogens with zero attached hydrogens (tertiary/aromatic N) is 5. The first kappa shape index (κ1) is 27.3. The van der Waals surface area contributed by atoms with Gasteiger partial charge in [0, 0.05) is 61.3 Å². The first-order valence-corrected chi connectivity index (χ1v) is 14.8. The number of anilines is 2. The second kappa shape index (κ2) is 12.3. The van der Waals surface area contributed by atoms with E-state index in [0.29, 0.717) is 32.7 Å². The summed E-state index contributed by atoms with van der Waals surface area (Å²) in [4.78, 5) is 39.9. The molecule has 4 heterocycles. The lowest BCUT2D eigenvalue weighted by Gasteiger charge is -2.32. The lowest BCUT2D eigenvalue weighted by atomic mass is 9.91. The molecule has 3 amide bonds. The van der Waals surface area contributed by atoms with Crippen molar-refractivity contribution < 1.29 is 19.4 Å². The summed E-state index contributed by atoms with van der Waals surface area (Å²) in [6.45, 7) is 4.30. The molecule has 1 atom stereocenters. The Morgan fingerprint density at radius 3 is 2.59 bits per heavy atom. The van der Waals surface area contributed by atoms with E-state index in [2.05, 4.69) is 20.2 Å². The summed E-state index contributed by atoms with van der Waals surface area (Å²) >= 11 is 0. The number of fused-ring (bicyclic) bond motifs is 1. The molecule has 0 spiro atoms. The van der Waals surface area contributed by atoms with Crippen LogP contribution in [-0.4, -0.2) is 88.8 Å². The Morgan fingerprint density at radius 2 is 1.83 bits per heavy atom. The fourth-order valence-electron chi connectivity index (χ4n) is 6.35. The van der Waals surface area contributed by atoms with Gasteiger partial charge in [0.25, 0.3) is 0 Å². The number of benzene rings is 2. The maximum Gasteiger partial charge on any atom is 0.321 e. The monoisotopic (exact) mass is 558 g/mol. The van der Waals surface area contributed by atoms with Crippen molar-refractivity contribution in [1.82, 2.24) is 19.8 Å². The average Bonchev–Trinajstić information content (AvgIpc) is 3.66. The standard InChI is InChI=1S/C31H38N6O4/c38-20-25-3-1-14-37(25)24-7-5-23(6-8-24)34-31(40)36-15-11-22(12-16-36)30-27-10-9-26(19-28(27)32-21-33-30)41-18-17-35-13-2-4-29(35)39/h5-10,19,21-22,25,38H,1-4,11-18,20H2,(H,34,40)/t25-/m1/s1. The molecule has 3 aliphatic heterocycles. The molecular weight excluding hydrogens is 520 g/mol. The highest BCUT2D eigenvalue weighted by atomic mass is 16.5. The van der Waals surface area contributed by atoms with Gasteiger partial charge in [-0.2, -0.15) is 0 Å². The van der Waals surface area contributed by atoms with Crippen LogP contribution in [-0.2, 0) is 4.79 Å². The van der Waals surface area contributed by atoms with E-state index >= 15 is 0 Å². The van der Waals surface area contributed by atoms with Gasteiger partial charge in [-0.3, -0.25) is 4.79 Å². The molecule has 10 nitrogen and oxygen atoms in total. The zero-order chi connectivity index (χ0) is 28.2. The smallest absolute Gasteiger partial charge is 0.321 e. The van der Waals surface area contributed by atoms with Crippen LogP contribution in [0.2, 0.25) is 0 Å². The minimum atomic E-state index is -0.0874. The number of carbonyl (C=O) groups is 2. The van der Waals surface area contributed by atoms with Crippen LogP contribution < -0.4 is 15.0 Å². The Kier molecular flexibility index (Phi) is 8.18. The molecule has 0 unspecified atom stereocenters. The number of aliphatic hydroxyl groups is 1. The van der Waals surface area contributed by atoms with Crippen molar-refractivity contribution in [3.8, 4) is 5.75 Å². The number of likely N-dealkylation sites (tertiary alicyclic amines) is 2. The van der Waals surface area contributed by atoms with E-state index in [0.717, 1.165) is 78.9 Å². The maximum absolute atomic E-state index is 13.0. The van der Waals surface area contributed by atoms with Gasteiger partial charge in [-0.15, -0.1) is 0 Å². The van der Waals surface area contributed by atoms with E-state index in [1.54, 1.807) is 6.33 Å². The highest BCUT2D eigenvalue weighted by Crippen LogP contribution is 2.33. The topological polar surface area (TPSA) is 111 Å². The summed E-state index contributed by atoms with van der Waals surface area (Å²) in [6, 6.07) is 13.9. The first-order valence-electron chi connectivity index (χ1n) is 14.8. The number of hydrogen-bond acceptors (Lipinski definition) is 7. The third-order valence-corrected chi connectivity index (χ3v) is 8.65. The van der Waals surface area contributed by atoms with Crippen molar-refractivity contribution in [3.05, 3.63) is 54.5 Å². The van der Waals surface area contributed by atoms with Gasteiger partial charge in [-0.05, 0) is 68.5 Å². The molecule has 2 N–H and O–H groups in total. The van der Waals surface area contributed by atoms with Gasteiger partial charge in [-0.25, -0.2) is 14.8 Å². The molecule has 0 aliphatic carbocycles. The van der Waals surface area contributed by atoms with Crippen LogP contribution in [0.3, 0.4) is 0 Å². The van der Waals surface area contributed by atoms with Gasteiger partial charge in [0.1, 0.15) is 18.7 Å². The van der Waals surface area contributed by atoms with Crippen LogP contribution in [0, 0.1) is 0 Å². The summed E-state index contributed by atoms with van der Waals surface area (Å²) < 4.78 is 5.92. The van der Waals surface area contributed by atoms with E-state index in [9.17, 15) is 14.7 Å². The largest absolute Gasteiger partial charge is 0.492 e. The number of aromatic nitrogens is 2. The average molecular weight is 559 g/mol. The van der Waals surface area contributed by atoms with Crippen molar-refractivity contribution in [2.45, 2.75) is 50.5 Å². The van der Waals surface area contributed by atoms with Crippen LogP contribution in [0.15, 0.2) is 48.8 Å². The van der Waals surface area contributed by atoms with Crippen LogP contribution in [0.5, 0.6) is 5.75 Å². The van der Waals surface area contributed by atoms with Gasteiger partial charge in [0.05, 0.1) is 30.4 Å². The minimum absolute atomic E-state index is 0.0874. The number of urea groups is 1. The first-order chi connectivity index (χ1) is 20.1.